The zero-order chi connectivity index (χ0) is 19.2. The highest BCUT2D eigenvalue weighted by atomic mass is 19.4. The highest BCUT2D eigenvalue weighted by molar-refractivity contribution is 5.93. The maximum absolute atomic E-state index is 12.8. The van der Waals surface area contributed by atoms with Crippen LogP contribution in [0.2, 0.25) is 0 Å². The third-order valence-corrected chi connectivity index (χ3v) is 3.62. The van der Waals surface area contributed by atoms with Gasteiger partial charge in [0.05, 0.1) is 5.56 Å². The lowest BCUT2D eigenvalue weighted by atomic mass is 10.2. The number of aromatic nitrogens is 2. The van der Waals surface area contributed by atoms with E-state index in [-0.39, 0.29) is 23.1 Å². The Labute approximate surface area is 150 Å². The summed E-state index contributed by atoms with van der Waals surface area (Å²) < 4.78 is 38.4. The number of nitrogens with zero attached hydrogens (tertiary/aromatic N) is 3. The third-order valence-electron chi connectivity index (χ3n) is 3.62. The van der Waals surface area contributed by atoms with Crippen LogP contribution in [0.5, 0.6) is 0 Å². The lowest BCUT2D eigenvalue weighted by molar-refractivity contribution is -0.137. The lowest BCUT2D eigenvalue weighted by Crippen LogP contribution is -2.33. The van der Waals surface area contributed by atoms with Gasteiger partial charge < -0.3 is 10.2 Å². The van der Waals surface area contributed by atoms with E-state index >= 15 is 0 Å². The Morgan fingerprint density at radius 2 is 1.81 bits per heavy atom. The highest BCUT2D eigenvalue weighted by Crippen LogP contribution is 2.31. The number of anilines is 2. The monoisotopic (exact) mass is 366 g/mol. The highest BCUT2D eigenvalue weighted by Gasteiger charge is 2.30. The van der Waals surface area contributed by atoms with Crippen molar-refractivity contribution in [2.75, 3.05) is 18.4 Å². The Kier molecular flexibility index (Phi) is 6.54. The summed E-state index contributed by atoms with van der Waals surface area (Å²) in [6.07, 6.45) is -1.55. The smallest absolute Gasteiger partial charge is 0.340 e. The average molecular weight is 366 g/mol. The van der Waals surface area contributed by atoms with E-state index in [1.165, 1.54) is 24.5 Å². The third kappa shape index (κ3) is 5.18. The van der Waals surface area contributed by atoms with E-state index in [9.17, 15) is 18.0 Å². The summed E-state index contributed by atoms with van der Waals surface area (Å²) in [6.45, 7) is 5.20. The van der Waals surface area contributed by atoms with Crippen molar-refractivity contribution in [1.29, 1.82) is 0 Å². The summed E-state index contributed by atoms with van der Waals surface area (Å²) in [5.74, 6) is 0.0406. The molecule has 26 heavy (non-hydrogen) atoms. The van der Waals surface area contributed by atoms with Crippen LogP contribution >= 0.6 is 0 Å². The Morgan fingerprint density at radius 3 is 2.42 bits per heavy atom. The van der Waals surface area contributed by atoms with Crippen LogP contribution in [0.1, 0.15) is 42.7 Å². The molecule has 8 heteroatoms. The van der Waals surface area contributed by atoms with Crippen LogP contribution in [0.3, 0.4) is 0 Å². The summed E-state index contributed by atoms with van der Waals surface area (Å²) in [6, 6.07) is 6.24. The molecular formula is C18H21F3N4O. The van der Waals surface area contributed by atoms with Crippen LogP contribution < -0.4 is 5.32 Å². The fraction of sp³-hybridized carbons (Fsp3) is 0.389. The van der Waals surface area contributed by atoms with E-state index in [0.717, 1.165) is 25.0 Å². The molecule has 1 N–H and O–H groups in total. The molecular weight excluding hydrogens is 345 g/mol. The van der Waals surface area contributed by atoms with Crippen molar-refractivity contribution in [2.45, 2.75) is 32.9 Å². The van der Waals surface area contributed by atoms with E-state index < -0.39 is 11.7 Å². The molecule has 5 nitrogen and oxygen atoms in total. The molecule has 1 aromatic carbocycles. The number of carbonyl (C=O) groups excluding carboxylic acids is 1. The van der Waals surface area contributed by atoms with Crippen molar-refractivity contribution in [2.24, 2.45) is 0 Å². The molecule has 140 valence electrons. The largest absolute Gasteiger partial charge is 0.416 e. The molecule has 1 aromatic heterocycles. The molecule has 0 saturated carbocycles. The minimum atomic E-state index is -4.43. The zero-order valence-corrected chi connectivity index (χ0v) is 14.7. The summed E-state index contributed by atoms with van der Waals surface area (Å²) in [5.41, 5.74) is -0.322. The normalized spacial score (nSPS) is 11.3. The Bertz CT molecular complexity index is 743. The molecule has 0 atom stereocenters. The molecule has 1 amide bonds. The second kappa shape index (κ2) is 8.64. The first-order valence-electron chi connectivity index (χ1n) is 8.40. The van der Waals surface area contributed by atoms with Crippen LogP contribution in [0, 0.1) is 0 Å². The molecule has 0 aliphatic rings. The molecule has 0 radical (unpaired) electrons. The first-order chi connectivity index (χ1) is 12.3. The van der Waals surface area contributed by atoms with Crippen LogP contribution in [-0.4, -0.2) is 33.9 Å². The van der Waals surface area contributed by atoms with Gasteiger partial charge in [0.25, 0.3) is 5.91 Å². The van der Waals surface area contributed by atoms with Crippen molar-refractivity contribution in [1.82, 2.24) is 14.9 Å². The van der Waals surface area contributed by atoms with Crippen LogP contribution in [0.4, 0.5) is 24.7 Å². The number of nitrogens with one attached hydrogen (secondary N) is 1. The van der Waals surface area contributed by atoms with Crippen molar-refractivity contribution < 1.29 is 18.0 Å². The van der Waals surface area contributed by atoms with Gasteiger partial charge in [-0.15, -0.1) is 0 Å². The van der Waals surface area contributed by atoms with Crippen molar-refractivity contribution >= 4 is 17.4 Å². The number of alkyl halides is 3. The van der Waals surface area contributed by atoms with Gasteiger partial charge in [-0.3, -0.25) is 4.79 Å². The number of amides is 1. The molecule has 0 bridgehead atoms. The lowest BCUT2D eigenvalue weighted by Gasteiger charge is -2.21. The number of benzene rings is 1. The number of rotatable bonds is 7. The predicted octanol–water partition coefficient (Wildman–Crippen LogP) is 4.50. The predicted molar refractivity (Wildman–Crippen MR) is 93.2 cm³/mol. The van der Waals surface area contributed by atoms with Gasteiger partial charge in [-0.1, -0.05) is 19.9 Å². The minimum absolute atomic E-state index is 0.205. The second-order valence-electron chi connectivity index (χ2n) is 5.78. The van der Waals surface area contributed by atoms with Crippen LogP contribution in [-0.2, 0) is 6.18 Å². The number of carbonyl (C=O) groups is 1. The van der Waals surface area contributed by atoms with Gasteiger partial charge in [0.15, 0.2) is 0 Å². The zero-order valence-electron chi connectivity index (χ0n) is 14.7. The van der Waals surface area contributed by atoms with Gasteiger partial charge in [-0.05, 0) is 31.0 Å². The molecule has 1 heterocycles. The minimum Gasteiger partial charge on any atom is -0.340 e. The Morgan fingerprint density at radius 1 is 1.12 bits per heavy atom. The first kappa shape index (κ1) is 19.7. The van der Waals surface area contributed by atoms with Gasteiger partial charge in [-0.25, -0.2) is 9.97 Å². The van der Waals surface area contributed by atoms with Gasteiger partial charge in [0, 0.05) is 24.8 Å². The summed E-state index contributed by atoms with van der Waals surface area (Å²) >= 11 is 0. The molecule has 2 aromatic rings. The van der Waals surface area contributed by atoms with E-state index in [1.807, 2.05) is 13.8 Å². The number of hydrogen-bond acceptors (Lipinski definition) is 4. The molecule has 0 fully saturated rings. The van der Waals surface area contributed by atoms with Crippen LogP contribution in [0.15, 0.2) is 36.7 Å². The summed E-state index contributed by atoms with van der Waals surface area (Å²) in [7, 11) is 0. The van der Waals surface area contributed by atoms with Crippen molar-refractivity contribution in [3.8, 4) is 0 Å². The van der Waals surface area contributed by atoms with Gasteiger partial charge in [0.2, 0.25) is 0 Å². The second-order valence-corrected chi connectivity index (χ2v) is 5.78. The van der Waals surface area contributed by atoms with Gasteiger partial charge in [0.1, 0.15) is 17.8 Å². The SMILES string of the molecule is CCCN(CCC)C(=O)c1cc(Nc2cccc(C(F)(F)F)c2)ncn1. The van der Waals surface area contributed by atoms with Crippen molar-refractivity contribution in [3.63, 3.8) is 0 Å². The molecule has 0 aliphatic heterocycles. The van der Waals surface area contributed by atoms with E-state index in [4.69, 9.17) is 0 Å². The fourth-order valence-electron chi connectivity index (χ4n) is 2.48. The molecule has 0 aliphatic carbocycles. The molecule has 2 rings (SSSR count). The van der Waals surface area contributed by atoms with Crippen LogP contribution in [0.25, 0.3) is 0 Å². The van der Waals surface area contributed by atoms with Gasteiger partial charge >= 0.3 is 6.18 Å². The summed E-state index contributed by atoms with van der Waals surface area (Å²) in [4.78, 5) is 22.3. The van der Waals surface area contributed by atoms with E-state index in [2.05, 4.69) is 15.3 Å². The topological polar surface area (TPSA) is 58.1 Å². The first-order valence-corrected chi connectivity index (χ1v) is 8.40. The standard InChI is InChI=1S/C18H21F3N4O/c1-3-8-25(9-4-2)17(26)15-11-16(23-12-22-15)24-14-7-5-6-13(10-14)18(19,20)21/h5-7,10-12H,3-4,8-9H2,1-2H3,(H,22,23,24). The quantitative estimate of drug-likeness (QED) is 0.784. The van der Waals surface area contributed by atoms with Crippen molar-refractivity contribution in [3.05, 3.63) is 47.9 Å². The number of hydrogen-bond donors (Lipinski definition) is 1. The molecule has 0 unspecified atom stereocenters. The van der Waals surface area contributed by atoms with E-state index in [1.54, 1.807) is 4.90 Å². The van der Waals surface area contributed by atoms with Gasteiger partial charge in [-0.2, -0.15) is 13.2 Å². The molecule has 0 saturated heterocycles. The summed E-state index contributed by atoms with van der Waals surface area (Å²) in [5, 5.41) is 2.79. The fourth-order valence-corrected chi connectivity index (χ4v) is 2.48. The maximum Gasteiger partial charge on any atom is 0.416 e. The Hall–Kier alpha value is -2.64. The molecule has 0 spiro atoms. The average Bonchev–Trinajstić information content (AvgIpc) is 2.61. The van der Waals surface area contributed by atoms with E-state index in [0.29, 0.717) is 13.1 Å². The Balaban J connectivity index is 2.20. The number of halogens is 3. The maximum atomic E-state index is 12.8.